The molecule has 0 unspecified atom stereocenters. The van der Waals surface area contributed by atoms with Crippen molar-refractivity contribution in [2.45, 2.75) is 32.2 Å². The van der Waals surface area contributed by atoms with E-state index in [-0.39, 0.29) is 17.7 Å². The first-order valence-corrected chi connectivity index (χ1v) is 7.76. The smallest absolute Gasteiger partial charge is 0.306 e. The third-order valence-electron chi connectivity index (χ3n) is 4.36. The van der Waals surface area contributed by atoms with Crippen LogP contribution in [-0.4, -0.2) is 31.2 Å². The summed E-state index contributed by atoms with van der Waals surface area (Å²) in [6.07, 6.45) is 2.41. The normalized spacial score (nSPS) is 20.6. The van der Waals surface area contributed by atoms with Crippen LogP contribution in [0.1, 0.15) is 31.2 Å². The number of carbonyl (C=O) groups is 2. The number of hydrogen-bond donors (Lipinski definition) is 2. The van der Waals surface area contributed by atoms with E-state index in [4.69, 9.17) is 14.6 Å². The van der Waals surface area contributed by atoms with Gasteiger partial charge in [0, 0.05) is 12.5 Å². The van der Waals surface area contributed by atoms with Crippen molar-refractivity contribution in [3.63, 3.8) is 0 Å². The lowest BCUT2D eigenvalue weighted by Gasteiger charge is -2.25. The van der Waals surface area contributed by atoms with Crippen LogP contribution >= 0.6 is 0 Å². The molecule has 0 heterocycles. The highest BCUT2D eigenvalue weighted by atomic mass is 16.5. The standard InChI is InChI=1S/C17H23NO5/c1-22-14-8-3-11(9-15(14)23-2)10-18-16(19)12-4-6-13(7-5-12)17(20)21/h3,8-9,12-13H,4-7,10H2,1-2H3,(H,18,19)(H,20,21). The maximum Gasteiger partial charge on any atom is 0.306 e. The van der Waals surface area contributed by atoms with E-state index in [0.29, 0.717) is 43.7 Å². The summed E-state index contributed by atoms with van der Waals surface area (Å²) < 4.78 is 10.4. The molecule has 0 radical (unpaired) electrons. The van der Waals surface area contributed by atoms with Crippen LogP contribution in [0.15, 0.2) is 18.2 Å². The van der Waals surface area contributed by atoms with Crippen LogP contribution in [0.2, 0.25) is 0 Å². The van der Waals surface area contributed by atoms with E-state index in [9.17, 15) is 9.59 Å². The molecule has 0 atom stereocenters. The van der Waals surface area contributed by atoms with Gasteiger partial charge in [-0.15, -0.1) is 0 Å². The van der Waals surface area contributed by atoms with Gasteiger partial charge in [0.15, 0.2) is 11.5 Å². The maximum atomic E-state index is 12.2. The zero-order valence-electron chi connectivity index (χ0n) is 13.5. The molecule has 2 N–H and O–H groups in total. The van der Waals surface area contributed by atoms with E-state index in [1.165, 1.54) is 0 Å². The largest absolute Gasteiger partial charge is 0.493 e. The Kier molecular flexibility index (Phi) is 5.84. The Morgan fingerprint density at radius 2 is 1.70 bits per heavy atom. The van der Waals surface area contributed by atoms with E-state index < -0.39 is 5.97 Å². The lowest BCUT2D eigenvalue weighted by Crippen LogP contribution is -2.34. The van der Waals surface area contributed by atoms with Crippen molar-refractivity contribution in [1.29, 1.82) is 0 Å². The zero-order valence-corrected chi connectivity index (χ0v) is 13.5. The second-order valence-electron chi connectivity index (χ2n) is 5.79. The predicted octanol–water partition coefficient (Wildman–Crippen LogP) is 2.21. The van der Waals surface area contributed by atoms with Gasteiger partial charge < -0.3 is 19.9 Å². The Balaban J connectivity index is 1.86. The quantitative estimate of drug-likeness (QED) is 0.839. The number of carbonyl (C=O) groups excluding carboxylic acids is 1. The van der Waals surface area contributed by atoms with Crippen LogP contribution in [0.5, 0.6) is 11.5 Å². The van der Waals surface area contributed by atoms with Gasteiger partial charge >= 0.3 is 5.97 Å². The number of benzene rings is 1. The van der Waals surface area contributed by atoms with E-state index in [1.54, 1.807) is 20.3 Å². The van der Waals surface area contributed by atoms with Gasteiger partial charge in [0.05, 0.1) is 20.1 Å². The Morgan fingerprint density at radius 3 is 2.26 bits per heavy atom. The highest BCUT2D eigenvalue weighted by Crippen LogP contribution is 2.30. The van der Waals surface area contributed by atoms with E-state index >= 15 is 0 Å². The lowest BCUT2D eigenvalue weighted by molar-refractivity contribution is -0.144. The third-order valence-corrected chi connectivity index (χ3v) is 4.36. The Labute approximate surface area is 135 Å². The van der Waals surface area contributed by atoms with Crippen LogP contribution in [0.25, 0.3) is 0 Å². The summed E-state index contributed by atoms with van der Waals surface area (Å²) >= 11 is 0. The van der Waals surface area contributed by atoms with Crippen LogP contribution in [0.4, 0.5) is 0 Å². The van der Waals surface area contributed by atoms with Crippen molar-refractivity contribution in [2.75, 3.05) is 14.2 Å². The molecule has 0 aliphatic heterocycles. The van der Waals surface area contributed by atoms with E-state index in [1.807, 2.05) is 12.1 Å². The number of carboxylic acid groups (broad SMARTS) is 1. The molecule has 1 aliphatic carbocycles. The fraction of sp³-hybridized carbons (Fsp3) is 0.529. The fourth-order valence-electron chi connectivity index (χ4n) is 2.93. The first kappa shape index (κ1) is 17.1. The van der Waals surface area contributed by atoms with E-state index in [2.05, 4.69) is 5.32 Å². The summed E-state index contributed by atoms with van der Waals surface area (Å²) in [5, 5.41) is 11.9. The fourth-order valence-corrected chi connectivity index (χ4v) is 2.93. The summed E-state index contributed by atoms with van der Waals surface area (Å²) in [6, 6.07) is 5.52. The monoisotopic (exact) mass is 321 g/mol. The molecule has 1 aromatic carbocycles. The first-order valence-electron chi connectivity index (χ1n) is 7.76. The molecule has 1 saturated carbocycles. The highest BCUT2D eigenvalue weighted by Gasteiger charge is 2.29. The first-order chi connectivity index (χ1) is 11.0. The number of hydrogen-bond acceptors (Lipinski definition) is 4. The number of amides is 1. The molecule has 1 aromatic rings. The summed E-state index contributed by atoms with van der Waals surface area (Å²) in [5.41, 5.74) is 0.926. The van der Waals surface area contributed by atoms with Crippen molar-refractivity contribution >= 4 is 11.9 Å². The minimum atomic E-state index is -0.755. The molecule has 6 nitrogen and oxygen atoms in total. The van der Waals surface area contributed by atoms with E-state index in [0.717, 1.165) is 5.56 Å². The van der Waals surface area contributed by atoms with Crippen LogP contribution in [0, 0.1) is 11.8 Å². The molecule has 0 bridgehead atoms. The Morgan fingerprint density at radius 1 is 1.09 bits per heavy atom. The number of nitrogens with one attached hydrogen (secondary N) is 1. The SMILES string of the molecule is COc1ccc(CNC(=O)C2CCC(C(=O)O)CC2)cc1OC. The minimum Gasteiger partial charge on any atom is -0.493 e. The van der Waals surface area contributed by atoms with Crippen LogP contribution in [-0.2, 0) is 16.1 Å². The van der Waals surface area contributed by atoms with Gasteiger partial charge in [-0.2, -0.15) is 0 Å². The molecule has 0 aromatic heterocycles. The van der Waals surface area contributed by atoms with Gasteiger partial charge in [0.25, 0.3) is 0 Å². The number of ether oxygens (including phenoxy) is 2. The van der Waals surface area contributed by atoms with Crippen LogP contribution in [0.3, 0.4) is 0 Å². The predicted molar refractivity (Wildman–Crippen MR) is 84.5 cm³/mol. The Bertz CT molecular complexity index is 564. The van der Waals surface area contributed by atoms with Crippen molar-refractivity contribution in [3.8, 4) is 11.5 Å². The maximum absolute atomic E-state index is 12.2. The molecule has 1 aliphatic rings. The number of aliphatic carboxylic acids is 1. The molecule has 1 amide bonds. The van der Waals surface area contributed by atoms with Gasteiger partial charge in [-0.3, -0.25) is 9.59 Å². The molecular weight excluding hydrogens is 298 g/mol. The summed E-state index contributed by atoms with van der Waals surface area (Å²) in [4.78, 5) is 23.1. The van der Waals surface area contributed by atoms with Gasteiger partial charge in [-0.1, -0.05) is 6.07 Å². The molecule has 0 saturated heterocycles. The van der Waals surface area contributed by atoms with Crippen LogP contribution < -0.4 is 14.8 Å². The summed E-state index contributed by atoms with van der Waals surface area (Å²) in [5.74, 6) is 0.115. The van der Waals surface area contributed by atoms with Gasteiger partial charge in [0.2, 0.25) is 5.91 Å². The second-order valence-corrected chi connectivity index (χ2v) is 5.79. The van der Waals surface area contributed by atoms with Crippen molar-refractivity contribution in [2.24, 2.45) is 11.8 Å². The minimum absolute atomic E-state index is 0.0105. The average Bonchev–Trinajstić information content (AvgIpc) is 2.59. The molecule has 2 rings (SSSR count). The number of rotatable bonds is 6. The number of carboxylic acids is 1. The van der Waals surface area contributed by atoms with Gasteiger partial charge in [0.1, 0.15) is 0 Å². The topological polar surface area (TPSA) is 84.9 Å². The molecule has 0 spiro atoms. The second kappa shape index (κ2) is 7.85. The molecule has 126 valence electrons. The molecule has 1 fully saturated rings. The molecule has 23 heavy (non-hydrogen) atoms. The van der Waals surface area contributed by atoms with Crippen molar-refractivity contribution in [3.05, 3.63) is 23.8 Å². The highest BCUT2D eigenvalue weighted by molar-refractivity contribution is 5.79. The van der Waals surface area contributed by atoms with Crippen molar-refractivity contribution < 1.29 is 24.2 Å². The zero-order chi connectivity index (χ0) is 16.8. The molecule has 6 heteroatoms. The Hall–Kier alpha value is -2.24. The van der Waals surface area contributed by atoms with Crippen molar-refractivity contribution in [1.82, 2.24) is 5.32 Å². The van der Waals surface area contributed by atoms with Gasteiger partial charge in [-0.05, 0) is 43.4 Å². The lowest BCUT2D eigenvalue weighted by atomic mass is 9.81. The summed E-state index contributed by atoms with van der Waals surface area (Å²) in [6.45, 7) is 0.415. The average molecular weight is 321 g/mol. The third kappa shape index (κ3) is 4.37. The molecular formula is C17H23NO5. The number of methoxy groups -OCH3 is 2. The van der Waals surface area contributed by atoms with Gasteiger partial charge in [-0.25, -0.2) is 0 Å². The summed E-state index contributed by atoms with van der Waals surface area (Å²) in [7, 11) is 3.15.